The number of amides is 1. The molecule has 1 N–H and O–H groups in total. The van der Waals surface area contributed by atoms with Gasteiger partial charge in [0.25, 0.3) is 0 Å². The minimum absolute atomic E-state index is 0.0289. The molecule has 39 heavy (non-hydrogen) atoms. The fraction of sp³-hybridized carbons (Fsp3) is 0.406. The van der Waals surface area contributed by atoms with Gasteiger partial charge in [-0.2, -0.15) is 13.2 Å². The molecule has 7 heteroatoms. The van der Waals surface area contributed by atoms with Crippen molar-refractivity contribution in [2.45, 2.75) is 58.0 Å². The molecule has 0 saturated carbocycles. The summed E-state index contributed by atoms with van der Waals surface area (Å²) in [6.07, 6.45) is 0.136. The van der Waals surface area contributed by atoms with Crippen LogP contribution in [0.3, 0.4) is 0 Å². The molecule has 1 aliphatic heterocycles. The summed E-state index contributed by atoms with van der Waals surface area (Å²) in [7, 11) is 0. The van der Waals surface area contributed by atoms with Crippen LogP contribution >= 0.6 is 0 Å². The summed E-state index contributed by atoms with van der Waals surface area (Å²) in [5.74, 6) is 1.52. The number of aryl methyl sites for hydroxylation is 1. The maximum atomic E-state index is 12.8. The number of hydrogen-bond donors (Lipinski definition) is 1. The van der Waals surface area contributed by atoms with Crippen LogP contribution in [0.5, 0.6) is 5.75 Å². The molecule has 0 radical (unpaired) electrons. The fourth-order valence-corrected chi connectivity index (χ4v) is 5.17. The highest BCUT2D eigenvalue weighted by atomic mass is 19.4. The second kappa shape index (κ2) is 13.2. The third kappa shape index (κ3) is 8.09. The van der Waals surface area contributed by atoms with Crippen LogP contribution in [0.25, 0.3) is 11.1 Å². The predicted molar refractivity (Wildman–Crippen MR) is 150 cm³/mol. The zero-order valence-corrected chi connectivity index (χ0v) is 22.7. The Hall–Kier alpha value is -3.32. The monoisotopic (exact) mass is 538 g/mol. The number of unbranched alkanes of at least 4 members (excludes halogenated alkanes) is 1. The summed E-state index contributed by atoms with van der Waals surface area (Å²) in [5.41, 5.74) is 4.05. The molecule has 0 spiro atoms. The summed E-state index contributed by atoms with van der Waals surface area (Å²) in [4.78, 5) is 14.9. The van der Waals surface area contributed by atoms with E-state index >= 15 is 0 Å². The first-order valence-electron chi connectivity index (χ1n) is 13.8. The van der Waals surface area contributed by atoms with Crippen LogP contribution in [0.15, 0.2) is 66.7 Å². The molecule has 3 aromatic carbocycles. The molecule has 1 saturated heterocycles. The highest BCUT2D eigenvalue weighted by Gasteiger charge is 2.30. The van der Waals surface area contributed by atoms with Crippen LogP contribution in [-0.4, -0.2) is 37.0 Å². The molecule has 0 bridgehead atoms. The first-order valence-corrected chi connectivity index (χ1v) is 13.8. The van der Waals surface area contributed by atoms with E-state index < -0.39 is 11.7 Å². The van der Waals surface area contributed by atoms with Gasteiger partial charge in [0.05, 0.1) is 12.2 Å². The van der Waals surface area contributed by atoms with E-state index in [4.69, 9.17) is 4.74 Å². The number of piperidine rings is 1. The second-order valence-electron chi connectivity index (χ2n) is 10.2. The Bertz CT molecular complexity index is 1220. The van der Waals surface area contributed by atoms with Crippen molar-refractivity contribution in [1.82, 2.24) is 4.90 Å². The van der Waals surface area contributed by atoms with E-state index in [1.54, 1.807) is 24.3 Å². The van der Waals surface area contributed by atoms with Crippen molar-refractivity contribution in [1.29, 1.82) is 0 Å². The van der Waals surface area contributed by atoms with Crippen LogP contribution in [-0.2, 0) is 11.0 Å². The van der Waals surface area contributed by atoms with Gasteiger partial charge < -0.3 is 15.0 Å². The Balaban J connectivity index is 1.16. The maximum absolute atomic E-state index is 12.8. The molecule has 0 unspecified atom stereocenters. The van der Waals surface area contributed by atoms with Crippen molar-refractivity contribution < 1.29 is 22.7 Å². The third-order valence-corrected chi connectivity index (χ3v) is 7.34. The lowest BCUT2D eigenvalue weighted by Gasteiger charge is -2.33. The normalized spacial score (nSPS) is 14.8. The van der Waals surface area contributed by atoms with E-state index in [1.165, 1.54) is 23.3 Å². The lowest BCUT2D eigenvalue weighted by molar-refractivity contribution is -0.137. The zero-order chi connectivity index (χ0) is 27.8. The highest BCUT2D eigenvalue weighted by Crippen LogP contribution is 2.35. The van der Waals surface area contributed by atoms with Crippen molar-refractivity contribution >= 4 is 11.6 Å². The van der Waals surface area contributed by atoms with E-state index in [-0.39, 0.29) is 5.91 Å². The van der Waals surface area contributed by atoms with E-state index in [1.807, 2.05) is 6.92 Å². The van der Waals surface area contributed by atoms with Gasteiger partial charge in [-0.25, -0.2) is 0 Å². The first-order chi connectivity index (χ1) is 18.7. The molecule has 0 aromatic heterocycles. The number of anilines is 1. The first kappa shape index (κ1) is 28.7. The SMILES string of the molecule is CCOc1cc(C)ccc1C1CCN(CCCCC(=O)Nc2ccc(-c3ccc(C(F)(F)F)cc3)cc2)CC1. The number of halogens is 3. The van der Waals surface area contributed by atoms with Gasteiger partial charge in [-0.1, -0.05) is 36.4 Å². The van der Waals surface area contributed by atoms with Crippen molar-refractivity contribution in [3.05, 3.63) is 83.4 Å². The molecule has 0 atom stereocenters. The number of ether oxygens (including phenoxy) is 1. The smallest absolute Gasteiger partial charge is 0.416 e. The molecule has 1 fully saturated rings. The zero-order valence-electron chi connectivity index (χ0n) is 22.7. The van der Waals surface area contributed by atoms with Crippen LogP contribution in [0.2, 0.25) is 0 Å². The molecular formula is C32H37F3N2O2. The number of rotatable bonds is 10. The number of alkyl halides is 3. The van der Waals surface area contributed by atoms with Crippen LogP contribution in [0, 0.1) is 6.92 Å². The van der Waals surface area contributed by atoms with Crippen molar-refractivity contribution in [3.8, 4) is 16.9 Å². The Labute approximate surface area is 229 Å². The Morgan fingerprint density at radius 3 is 2.21 bits per heavy atom. The molecule has 4 rings (SSSR count). The number of hydrogen-bond acceptors (Lipinski definition) is 3. The largest absolute Gasteiger partial charge is 0.494 e. The van der Waals surface area contributed by atoms with Gasteiger partial charge in [0.15, 0.2) is 0 Å². The summed E-state index contributed by atoms with van der Waals surface area (Å²) in [6, 6.07) is 18.8. The van der Waals surface area contributed by atoms with Crippen LogP contribution in [0.1, 0.15) is 61.6 Å². The summed E-state index contributed by atoms with van der Waals surface area (Å²) < 4.78 is 44.2. The van der Waals surface area contributed by atoms with Gasteiger partial charge >= 0.3 is 6.18 Å². The standard InChI is InChI=1S/C32H37F3N2O2/c1-3-39-30-22-23(2)7-16-29(30)26-17-20-37(21-18-26)19-5-4-6-31(38)36-28-14-10-25(11-15-28)24-8-12-27(13-9-24)32(33,34)35/h7-16,22,26H,3-6,17-21H2,1-2H3,(H,36,38). The van der Waals surface area contributed by atoms with Gasteiger partial charge in [-0.05, 0) is 118 Å². The fourth-order valence-electron chi connectivity index (χ4n) is 5.17. The third-order valence-electron chi connectivity index (χ3n) is 7.34. The number of carbonyl (C=O) groups excluding carboxylic acids is 1. The Kier molecular flexibility index (Phi) is 9.68. The number of benzene rings is 3. The molecule has 1 heterocycles. The highest BCUT2D eigenvalue weighted by molar-refractivity contribution is 5.91. The van der Waals surface area contributed by atoms with E-state index in [2.05, 4.69) is 35.3 Å². The Morgan fingerprint density at radius 1 is 0.949 bits per heavy atom. The summed E-state index contributed by atoms with van der Waals surface area (Å²) in [6.45, 7) is 7.91. The Morgan fingerprint density at radius 2 is 1.59 bits per heavy atom. The van der Waals surface area contributed by atoms with E-state index in [0.717, 1.165) is 68.8 Å². The van der Waals surface area contributed by atoms with E-state index in [9.17, 15) is 18.0 Å². The topological polar surface area (TPSA) is 41.6 Å². The van der Waals surface area contributed by atoms with Gasteiger partial charge in [0.1, 0.15) is 5.75 Å². The second-order valence-corrected chi connectivity index (χ2v) is 10.2. The number of nitrogens with zero attached hydrogens (tertiary/aromatic N) is 1. The molecule has 1 amide bonds. The van der Waals surface area contributed by atoms with Crippen LogP contribution in [0.4, 0.5) is 18.9 Å². The van der Waals surface area contributed by atoms with Gasteiger partial charge in [0, 0.05) is 12.1 Å². The number of likely N-dealkylation sites (tertiary alicyclic amines) is 1. The van der Waals surface area contributed by atoms with Crippen molar-refractivity contribution in [3.63, 3.8) is 0 Å². The van der Waals surface area contributed by atoms with Gasteiger partial charge in [0.2, 0.25) is 5.91 Å². The van der Waals surface area contributed by atoms with Crippen LogP contribution < -0.4 is 10.1 Å². The molecule has 1 aliphatic rings. The minimum atomic E-state index is -4.35. The van der Waals surface area contributed by atoms with Gasteiger partial charge in [-0.3, -0.25) is 4.79 Å². The summed E-state index contributed by atoms with van der Waals surface area (Å²) >= 11 is 0. The van der Waals surface area contributed by atoms with Crippen molar-refractivity contribution in [2.75, 3.05) is 31.6 Å². The summed E-state index contributed by atoms with van der Waals surface area (Å²) in [5, 5.41) is 2.92. The lowest BCUT2D eigenvalue weighted by Crippen LogP contribution is -2.33. The minimum Gasteiger partial charge on any atom is -0.494 e. The van der Waals surface area contributed by atoms with Crippen molar-refractivity contribution in [2.24, 2.45) is 0 Å². The molecule has 0 aliphatic carbocycles. The molecule has 208 valence electrons. The maximum Gasteiger partial charge on any atom is 0.416 e. The number of nitrogens with one attached hydrogen (secondary N) is 1. The predicted octanol–water partition coefficient (Wildman–Crippen LogP) is 8.07. The van der Waals surface area contributed by atoms with E-state index in [0.29, 0.717) is 30.2 Å². The van der Waals surface area contributed by atoms with Gasteiger partial charge in [-0.15, -0.1) is 0 Å². The molecule has 3 aromatic rings. The number of carbonyl (C=O) groups is 1. The quantitative estimate of drug-likeness (QED) is 0.266. The average molecular weight is 539 g/mol. The molecular weight excluding hydrogens is 501 g/mol. The average Bonchev–Trinajstić information content (AvgIpc) is 2.92. The molecule has 4 nitrogen and oxygen atoms in total. The lowest BCUT2D eigenvalue weighted by atomic mass is 9.88.